The number of hydrogen-bond acceptors (Lipinski definition) is 9. The average molecular weight is 392 g/mol. The number of ether oxygens (including phenoxy) is 1. The highest BCUT2D eigenvalue weighted by Crippen LogP contribution is 2.32. The van der Waals surface area contributed by atoms with Crippen molar-refractivity contribution in [1.82, 2.24) is 30.4 Å². The Hall–Kier alpha value is -2.20. The minimum absolute atomic E-state index is 0.614. The van der Waals surface area contributed by atoms with E-state index in [2.05, 4.69) is 38.0 Å². The summed E-state index contributed by atoms with van der Waals surface area (Å²) in [6.45, 7) is 5.57. The van der Waals surface area contributed by atoms with Gasteiger partial charge < -0.3 is 10.1 Å². The van der Waals surface area contributed by atoms with Crippen molar-refractivity contribution >= 4 is 33.9 Å². The van der Waals surface area contributed by atoms with Crippen LogP contribution in [0.3, 0.4) is 0 Å². The molecule has 0 saturated heterocycles. The SMILES string of the molecule is CCCCn1nnnc1CSc1nnc(Nc2ccccc2OCC)s1. The van der Waals surface area contributed by atoms with Crippen LogP contribution in [0, 0.1) is 0 Å². The van der Waals surface area contributed by atoms with Gasteiger partial charge in [-0.25, -0.2) is 4.68 Å². The Morgan fingerprint density at radius 1 is 1.19 bits per heavy atom. The number of aryl methyl sites for hydroxylation is 1. The molecule has 8 nitrogen and oxygen atoms in total. The highest BCUT2D eigenvalue weighted by atomic mass is 32.2. The van der Waals surface area contributed by atoms with Gasteiger partial charge in [0.2, 0.25) is 5.13 Å². The summed E-state index contributed by atoms with van der Waals surface area (Å²) in [5, 5.41) is 24.3. The van der Waals surface area contributed by atoms with Gasteiger partial charge in [0.15, 0.2) is 10.2 Å². The molecule has 0 bridgehead atoms. The number of aromatic nitrogens is 6. The summed E-state index contributed by atoms with van der Waals surface area (Å²) in [7, 11) is 0. The molecule has 2 aromatic heterocycles. The first-order valence-corrected chi connectivity index (χ1v) is 10.3. The summed E-state index contributed by atoms with van der Waals surface area (Å²) < 4.78 is 8.34. The van der Waals surface area contributed by atoms with Crippen LogP contribution in [0.2, 0.25) is 0 Å². The van der Waals surface area contributed by atoms with E-state index in [1.807, 2.05) is 35.9 Å². The Bertz CT molecular complexity index is 820. The molecule has 138 valence electrons. The molecule has 0 atom stereocenters. The lowest BCUT2D eigenvalue weighted by molar-refractivity contribution is 0.342. The molecule has 2 heterocycles. The number of para-hydroxylation sites is 2. The molecular formula is C16H21N7OS2. The van der Waals surface area contributed by atoms with Crippen LogP contribution in [0.15, 0.2) is 28.6 Å². The van der Waals surface area contributed by atoms with Crippen molar-refractivity contribution in [2.45, 2.75) is 43.3 Å². The fourth-order valence-electron chi connectivity index (χ4n) is 2.22. The van der Waals surface area contributed by atoms with Gasteiger partial charge in [0, 0.05) is 6.54 Å². The van der Waals surface area contributed by atoms with Gasteiger partial charge in [-0.05, 0) is 35.9 Å². The number of nitrogens with one attached hydrogen (secondary N) is 1. The molecular weight excluding hydrogens is 370 g/mol. The van der Waals surface area contributed by atoms with Crippen LogP contribution in [0.25, 0.3) is 0 Å². The maximum atomic E-state index is 5.62. The van der Waals surface area contributed by atoms with Crippen molar-refractivity contribution in [3.63, 3.8) is 0 Å². The zero-order chi connectivity index (χ0) is 18.2. The average Bonchev–Trinajstić information content (AvgIpc) is 3.29. The molecule has 0 aliphatic heterocycles. The number of nitrogens with zero attached hydrogens (tertiary/aromatic N) is 6. The number of rotatable bonds is 10. The number of thioether (sulfide) groups is 1. The second kappa shape index (κ2) is 9.48. The fourth-order valence-corrected chi connectivity index (χ4v) is 3.92. The summed E-state index contributed by atoms with van der Waals surface area (Å²) in [5.74, 6) is 2.32. The highest BCUT2D eigenvalue weighted by molar-refractivity contribution is 8.00. The Morgan fingerprint density at radius 2 is 2.08 bits per heavy atom. The van der Waals surface area contributed by atoms with Crippen LogP contribution >= 0.6 is 23.1 Å². The van der Waals surface area contributed by atoms with Gasteiger partial charge in [-0.15, -0.1) is 15.3 Å². The van der Waals surface area contributed by atoms with E-state index in [-0.39, 0.29) is 0 Å². The fraction of sp³-hybridized carbons (Fsp3) is 0.438. The first-order valence-electron chi connectivity index (χ1n) is 8.50. The van der Waals surface area contributed by atoms with E-state index in [0.29, 0.717) is 12.4 Å². The predicted molar refractivity (Wildman–Crippen MR) is 103 cm³/mol. The molecule has 3 aromatic rings. The van der Waals surface area contributed by atoms with E-state index in [9.17, 15) is 0 Å². The summed E-state index contributed by atoms with van der Waals surface area (Å²) in [6, 6.07) is 7.79. The van der Waals surface area contributed by atoms with Crippen molar-refractivity contribution in [3.8, 4) is 5.75 Å². The van der Waals surface area contributed by atoms with Gasteiger partial charge >= 0.3 is 0 Å². The van der Waals surface area contributed by atoms with E-state index >= 15 is 0 Å². The monoisotopic (exact) mass is 391 g/mol. The summed E-state index contributed by atoms with van der Waals surface area (Å²) in [4.78, 5) is 0. The molecule has 1 aromatic carbocycles. The Labute approximate surface area is 160 Å². The lowest BCUT2D eigenvalue weighted by Crippen LogP contribution is -2.04. The Kier molecular flexibility index (Phi) is 6.78. The Balaban J connectivity index is 1.60. The van der Waals surface area contributed by atoms with Gasteiger partial charge in [0.25, 0.3) is 0 Å². The van der Waals surface area contributed by atoms with Gasteiger partial charge in [-0.3, -0.25) is 0 Å². The van der Waals surface area contributed by atoms with Crippen LogP contribution < -0.4 is 10.1 Å². The molecule has 0 spiro atoms. The lowest BCUT2D eigenvalue weighted by atomic mass is 10.3. The zero-order valence-corrected chi connectivity index (χ0v) is 16.4. The van der Waals surface area contributed by atoms with Crippen molar-refractivity contribution in [2.24, 2.45) is 0 Å². The molecule has 0 fully saturated rings. The third kappa shape index (κ3) is 4.92. The smallest absolute Gasteiger partial charge is 0.210 e. The van der Waals surface area contributed by atoms with Crippen molar-refractivity contribution in [2.75, 3.05) is 11.9 Å². The van der Waals surface area contributed by atoms with Crippen LogP contribution in [0.1, 0.15) is 32.5 Å². The normalized spacial score (nSPS) is 10.8. The van der Waals surface area contributed by atoms with Crippen molar-refractivity contribution < 1.29 is 4.74 Å². The quantitative estimate of drug-likeness (QED) is 0.522. The summed E-state index contributed by atoms with van der Waals surface area (Å²) >= 11 is 3.08. The maximum Gasteiger partial charge on any atom is 0.210 e. The standard InChI is InChI=1S/C16H21N7OS2/c1-3-5-10-23-14(18-21-22-23)11-25-16-20-19-15(26-16)17-12-8-6-7-9-13(12)24-4-2/h6-9H,3-5,10-11H2,1-2H3,(H,17,19). The van der Waals surface area contributed by atoms with Crippen LogP contribution in [0.4, 0.5) is 10.8 Å². The molecule has 0 unspecified atom stereocenters. The van der Waals surface area contributed by atoms with E-state index < -0.39 is 0 Å². The molecule has 1 N–H and O–H groups in total. The lowest BCUT2D eigenvalue weighted by Gasteiger charge is -2.09. The Morgan fingerprint density at radius 3 is 2.92 bits per heavy atom. The van der Waals surface area contributed by atoms with Crippen LogP contribution in [-0.2, 0) is 12.3 Å². The van der Waals surface area contributed by atoms with E-state index in [4.69, 9.17) is 4.74 Å². The summed E-state index contributed by atoms with van der Waals surface area (Å²) in [6.07, 6.45) is 2.18. The van der Waals surface area contributed by atoms with E-state index in [0.717, 1.165) is 46.1 Å². The first-order chi connectivity index (χ1) is 12.8. The zero-order valence-electron chi connectivity index (χ0n) is 14.8. The molecule has 0 aliphatic carbocycles. The number of tetrazole rings is 1. The summed E-state index contributed by atoms with van der Waals surface area (Å²) in [5.41, 5.74) is 0.880. The number of anilines is 2. The predicted octanol–water partition coefficient (Wildman–Crippen LogP) is 3.76. The molecule has 10 heteroatoms. The van der Waals surface area contributed by atoms with Gasteiger partial charge in [0.1, 0.15) is 5.75 Å². The van der Waals surface area contributed by atoms with E-state index in [1.54, 1.807) is 11.8 Å². The van der Waals surface area contributed by atoms with Crippen LogP contribution in [-0.4, -0.2) is 37.0 Å². The van der Waals surface area contributed by atoms with Crippen molar-refractivity contribution in [1.29, 1.82) is 0 Å². The van der Waals surface area contributed by atoms with Crippen LogP contribution in [0.5, 0.6) is 5.75 Å². The first kappa shape index (κ1) is 18.6. The van der Waals surface area contributed by atoms with Gasteiger partial charge in [0.05, 0.1) is 18.0 Å². The minimum Gasteiger partial charge on any atom is -0.492 e. The van der Waals surface area contributed by atoms with Gasteiger partial charge in [-0.2, -0.15) is 0 Å². The molecule has 0 saturated carbocycles. The molecule has 0 amide bonds. The number of hydrogen-bond donors (Lipinski definition) is 1. The second-order valence-corrected chi connectivity index (χ2v) is 7.59. The largest absolute Gasteiger partial charge is 0.492 e. The molecule has 3 rings (SSSR count). The highest BCUT2D eigenvalue weighted by Gasteiger charge is 2.11. The minimum atomic E-state index is 0.614. The maximum absolute atomic E-state index is 5.62. The molecule has 26 heavy (non-hydrogen) atoms. The molecule has 0 radical (unpaired) electrons. The number of unbranched alkanes of at least 4 members (excludes halogenated alkanes) is 1. The number of benzene rings is 1. The van der Waals surface area contributed by atoms with Gasteiger partial charge in [-0.1, -0.05) is 48.6 Å². The third-order valence-electron chi connectivity index (χ3n) is 3.49. The second-order valence-electron chi connectivity index (χ2n) is 5.39. The molecule has 0 aliphatic rings. The van der Waals surface area contributed by atoms with E-state index in [1.165, 1.54) is 11.3 Å². The third-order valence-corrected chi connectivity index (χ3v) is 5.46. The van der Waals surface area contributed by atoms with Crippen molar-refractivity contribution in [3.05, 3.63) is 30.1 Å². The topological polar surface area (TPSA) is 90.6 Å².